The SMILES string of the molecule is CCCOC(=O)C1=CC(I)=CCC=C1.C[NH+](C)C. The van der Waals surface area contributed by atoms with E-state index < -0.39 is 0 Å². The first-order chi connectivity index (χ1) is 8.47. The number of nitrogens with one attached hydrogen (secondary N) is 1. The number of allylic oxidation sites excluding steroid dienone is 4. The molecule has 0 fully saturated rings. The summed E-state index contributed by atoms with van der Waals surface area (Å²) in [5.41, 5.74) is 0.636. The van der Waals surface area contributed by atoms with Crippen LogP contribution in [0.25, 0.3) is 0 Å². The molecule has 0 bridgehead atoms. The maximum Gasteiger partial charge on any atom is 0.338 e. The highest BCUT2D eigenvalue weighted by Gasteiger charge is 2.08. The summed E-state index contributed by atoms with van der Waals surface area (Å²) in [6.45, 7) is 2.47. The van der Waals surface area contributed by atoms with Gasteiger partial charge in [-0.25, -0.2) is 4.79 Å². The Bertz CT molecular complexity index is 341. The Morgan fingerprint density at radius 2 is 2.06 bits per heavy atom. The average molecular weight is 364 g/mol. The zero-order valence-electron chi connectivity index (χ0n) is 11.6. The van der Waals surface area contributed by atoms with Gasteiger partial charge in [-0.1, -0.05) is 25.2 Å². The molecule has 1 aliphatic carbocycles. The van der Waals surface area contributed by atoms with Crippen LogP contribution in [0, 0.1) is 0 Å². The van der Waals surface area contributed by atoms with E-state index in [0.29, 0.717) is 12.2 Å². The molecule has 0 amide bonds. The van der Waals surface area contributed by atoms with E-state index in [1.807, 2.05) is 25.2 Å². The fourth-order valence-electron chi connectivity index (χ4n) is 1.04. The second kappa shape index (κ2) is 10.3. The smallest absolute Gasteiger partial charge is 0.338 e. The summed E-state index contributed by atoms with van der Waals surface area (Å²) in [5.74, 6) is -0.229. The van der Waals surface area contributed by atoms with Crippen molar-refractivity contribution in [2.24, 2.45) is 0 Å². The average Bonchev–Trinajstić information content (AvgIpc) is 2.50. The lowest BCUT2D eigenvalue weighted by Gasteiger charge is -2.02. The van der Waals surface area contributed by atoms with Crippen molar-refractivity contribution in [3.63, 3.8) is 0 Å². The Hall–Kier alpha value is -0.620. The minimum Gasteiger partial charge on any atom is -0.462 e. The summed E-state index contributed by atoms with van der Waals surface area (Å²) in [6.07, 6.45) is 9.43. The number of carbonyl (C=O) groups is 1. The van der Waals surface area contributed by atoms with Crippen molar-refractivity contribution >= 4 is 28.6 Å². The summed E-state index contributed by atoms with van der Waals surface area (Å²) >= 11 is 2.20. The van der Waals surface area contributed by atoms with Crippen molar-refractivity contribution in [2.75, 3.05) is 27.7 Å². The molecule has 1 N–H and O–H groups in total. The van der Waals surface area contributed by atoms with Crippen LogP contribution in [0.1, 0.15) is 19.8 Å². The van der Waals surface area contributed by atoms with E-state index in [0.717, 1.165) is 16.4 Å². The molecule has 0 aliphatic heterocycles. The topological polar surface area (TPSA) is 30.7 Å². The summed E-state index contributed by atoms with van der Waals surface area (Å²) in [5, 5.41) is 0. The van der Waals surface area contributed by atoms with Gasteiger partial charge in [0.25, 0.3) is 0 Å². The lowest BCUT2D eigenvalue weighted by atomic mass is 10.2. The summed E-state index contributed by atoms with van der Waals surface area (Å²) in [7, 11) is 6.25. The van der Waals surface area contributed by atoms with Crippen molar-refractivity contribution in [1.82, 2.24) is 0 Å². The van der Waals surface area contributed by atoms with Crippen LogP contribution in [-0.2, 0) is 9.53 Å². The van der Waals surface area contributed by atoms with Crippen LogP contribution in [0.15, 0.2) is 33.5 Å². The molecule has 0 heterocycles. The summed E-state index contributed by atoms with van der Waals surface area (Å²) in [6, 6.07) is 0. The Labute approximate surface area is 124 Å². The maximum absolute atomic E-state index is 11.5. The first-order valence-corrected chi connectivity index (χ1v) is 7.23. The maximum atomic E-state index is 11.5. The number of rotatable bonds is 3. The second-order valence-corrected chi connectivity index (χ2v) is 5.71. The number of halogens is 1. The van der Waals surface area contributed by atoms with Crippen LogP contribution in [0.2, 0.25) is 0 Å². The summed E-state index contributed by atoms with van der Waals surface area (Å²) < 4.78 is 6.13. The largest absolute Gasteiger partial charge is 0.462 e. The molecule has 0 aromatic rings. The molecule has 18 heavy (non-hydrogen) atoms. The van der Waals surface area contributed by atoms with Crippen LogP contribution in [0.3, 0.4) is 0 Å². The minimum atomic E-state index is -0.229. The van der Waals surface area contributed by atoms with E-state index in [-0.39, 0.29) is 5.97 Å². The Balaban J connectivity index is 0.000000631. The molecule has 1 rings (SSSR count). The number of esters is 1. The van der Waals surface area contributed by atoms with E-state index in [1.54, 1.807) is 0 Å². The molecule has 0 radical (unpaired) electrons. The third-order valence-electron chi connectivity index (χ3n) is 1.71. The molecule has 1 aliphatic rings. The highest BCUT2D eigenvalue weighted by molar-refractivity contribution is 14.1. The van der Waals surface area contributed by atoms with Crippen molar-refractivity contribution in [3.8, 4) is 0 Å². The van der Waals surface area contributed by atoms with E-state index in [1.165, 1.54) is 4.90 Å². The van der Waals surface area contributed by atoms with Gasteiger partial charge in [0.2, 0.25) is 0 Å². The van der Waals surface area contributed by atoms with Gasteiger partial charge in [0.15, 0.2) is 0 Å². The van der Waals surface area contributed by atoms with Gasteiger partial charge in [-0.05, 0) is 41.5 Å². The molecule has 4 heteroatoms. The van der Waals surface area contributed by atoms with Crippen molar-refractivity contribution in [3.05, 3.63) is 33.5 Å². The normalized spacial score (nSPS) is 14.1. The number of quaternary nitrogens is 1. The Morgan fingerprint density at radius 1 is 1.44 bits per heavy atom. The van der Waals surface area contributed by atoms with Crippen molar-refractivity contribution in [1.29, 1.82) is 0 Å². The second-order valence-electron chi connectivity index (χ2n) is 4.46. The van der Waals surface area contributed by atoms with Crippen LogP contribution >= 0.6 is 22.6 Å². The predicted octanol–water partition coefficient (Wildman–Crippen LogP) is 1.91. The third kappa shape index (κ3) is 9.41. The predicted molar refractivity (Wildman–Crippen MR) is 83.9 cm³/mol. The van der Waals surface area contributed by atoms with E-state index in [9.17, 15) is 4.79 Å². The minimum absolute atomic E-state index is 0.229. The number of ether oxygens (including phenoxy) is 1. The van der Waals surface area contributed by atoms with Crippen molar-refractivity contribution in [2.45, 2.75) is 19.8 Å². The summed E-state index contributed by atoms with van der Waals surface area (Å²) in [4.78, 5) is 12.9. The highest BCUT2D eigenvalue weighted by Crippen LogP contribution is 2.17. The molecule has 0 spiro atoms. The molecule has 0 aromatic carbocycles. The van der Waals surface area contributed by atoms with Gasteiger partial charge in [0.05, 0.1) is 33.3 Å². The van der Waals surface area contributed by atoms with Crippen LogP contribution in [-0.4, -0.2) is 33.7 Å². The molecule has 0 saturated heterocycles. The number of carbonyl (C=O) groups excluding carboxylic acids is 1. The lowest BCUT2D eigenvalue weighted by molar-refractivity contribution is -0.836. The first kappa shape index (κ1) is 17.4. The van der Waals surface area contributed by atoms with Gasteiger partial charge < -0.3 is 9.64 Å². The number of hydrogen-bond acceptors (Lipinski definition) is 2. The lowest BCUT2D eigenvalue weighted by Crippen LogP contribution is -3.02. The van der Waals surface area contributed by atoms with Gasteiger partial charge in [-0.2, -0.15) is 0 Å². The molecule has 0 unspecified atom stereocenters. The molecule has 0 atom stereocenters. The van der Waals surface area contributed by atoms with Gasteiger partial charge in [0.1, 0.15) is 0 Å². The highest BCUT2D eigenvalue weighted by atomic mass is 127. The van der Waals surface area contributed by atoms with E-state index in [4.69, 9.17) is 4.74 Å². The van der Waals surface area contributed by atoms with Crippen LogP contribution < -0.4 is 4.90 Å². The van der Waals surface area contributed by atoms with Gasteiger partial charge in [-0.3, -0.25) is 0 Å². The molecule has 102 valence electrons. The van der Waals surface area contributed by atoms with Gasteiger partial charge in [0, 0.05) is 3.58 Å². The number of hydrogen-bond donors (Lipinski definition) is 1. The zero-order chi connectivity index (χ0) is 14.0. The van der Waals surface area contributed by atoms with Crippen molar-refractivity contribution < 1.29 is 14.4 Å². The molecule has 0 aromatic heterocycles. The molecular weight excluding hydrogens is 341 g/mol. The Kier molecular flexibility index (Phi) is 9.96. The van der Waals surface area contributed by atoms with Crippen LogP contribution in [0.4, 0.5) is 0 Å². The zero-order valence-corrected chi connectivity index (χ0v) is 13.8. The standard InChI is InChI=1S/C11H13IO2.C3H9N/c1-2-7-14-11(13)9-5-3-4-6-10(12)8-9;1-4(2)3/h3,5-6,8H,2,4,7H2,1H3;1-3H3/p+1. The third-order valence-corrected chi connectivity index (χ3v) is 2.46. The fraction of sp³-hybridized carbons (Fsp3) is 0.500. The quantitative estimate of drug-likeness (QED) is 0.613. The fourth-order valence-corrected chi connectivity index (χ4v) is 1.63. The van der Waals surface area contributed by atoms with Crippen LogP contribution in [0.5, 0.6) is 0 Å². The first-order valence-electron chi connectivity index (χ1n) is 6.15. The molecule has 3 nitrogen and oxygen atoms in total. The molecule has 0 saturated carbocycles. The van der Waals surface area contributed by atoms with Gasteiger partial charge in [-0.15, -0.1) is 0 Å². The van der Waals surface area contributed by atoms with E-state index >= 15 is 0 Å². The molecular formula is C14H23INO2+. The Morgan fingerprint density at radius 3 is 2.61 bits per heavy atom. The van der Waals surface area contributed by atoms with E-state index in [2.05, 4.69) is 49.8 Å². The monoisotopic (exact) mass is 364 g/mol. The van der Waals surface area contributed by atoms with Gasteiger partial charge >= 0.3 is 5.97 Å².